The van der Waals surface area contributed by atoms with Crippen molar-refractivity contribution in [1.29, 1.82) is 0 Å². The molecule has 0 aliphatic heterocycles. The van der Waals surface area contributed by atoms with Crippen molar-refractivity contribution in [2.24, 2.45) is 0 Å². The molecule has 4 aromatic carbocycles. The van der Waals surface area contributed by atoms with E-state index in [2.05, 4.69) is 6.58 Å². The van der Waals surface area contributed by atoms with E-state index in [0.717, 1.165) is 11.1 Å². The second-order valence-electron chi connectivity index (χ2n) is 8.85. The molecule has 4 rings (SSSR count). The Morgan fingerprint density at radius 2 is 1.07 bits per heavy atom. The molecule has 0 spiro atoms. The maximum absolute atomic E-state index is 12.1. The topological polar surface area (TPSA) is 140 Å². The molecule has 0 radical (unpaired) electrons. The van der Waals surface area contributed by atoms with Crippen LogP contribution in [0.3, 0.4) is 0 Å². The minimum atomic E-state index is -0.575. The zero-order valence-corrected chi connectivity index (χ0v) is 23.2. The van der Waals surface area contributed by atoms with Gasteiger partial charge in [0.1, 0.15) is 25.6 Å². The highest BCUT2D eigenvalue weighted by Crippen LogP contribution is 2.19. The Morgan fingerprint density at radius 3 is 1.52 bits per heavy atom. The van der Waals surface area contributed by atoms with Gasteiger partial charge in [0.15, 0.2) is 0 Å². The quantitative estimate of drug-likeness (QED) is 0.108. The van der Waals surface area contributed by atoms with E-state index >= 15 is 0 Å². The molecule has 216 valence electrons. The number of methoxy groups -OCH3 is 1. The highest BCUT2D eigenvalue weighted by molar-refractivity contribution is 5.97. The van der Waals surface area contributed by atoms with Crippen LogP contribution in [-0.2, 0) is 27.4 Å². The summed E-state index contributed by atoms with van der Waals surface area (Å²) < 4.78 is 20.4. The fourth-order valence-corrected chi connectivity index (χ4v) is 3.58. The third-order valence-corrected chi connectivity index (χ3v) is 5.58. The number of rotatable bonds is 10. The highest BCUT2D eigenvalue weighted by atomic mass is 16.5. The first-order chi connectivity index (χ1) is 20.3. The molecule has 0 atom stereocenters. The maximum atomic E-state index is 12.1. The van der Waals surface area contributed by atoms with E-state index in [1.807, 2.05) is 60.7 Å². The van der Waals surface area contributed by atoms with Gasteiger partial charge in [0, 0.05) is 17.4 Å². The van der Waals surface area contributed by atoms with E-state index in [0.29, 0.717) is 17.0 Å². The Kier molecular flexibility index (Phi) is 11.7. The molecule has 9 nitrogen and oxygen atoms in total. The van der Waals surface area contributed by atoms with Crippen LogP contribution in [0, 0.1) is 0 Å². The Labute approximate surface area is 244 Å². The summed E-state index contributed by atoms with van der Waals surface area (Å²) in [5.41, 5.74) is 14.8. The molecular weight excluding hydrogens is 536 g/mol. The molecule has 0 heterocycles. The molecule has 9 heteroatoms. The summed E-state index contributed by atoms with van der Waals surface area (Å²) in [5, 5.41) is 0. The lowest BCUT2D eigenvalue weighted by Gasteiger charge is -2.08. The fraction of sp³-hybridized carbons (Fsp3) is 0.121. The van der Waals surface area contributed by atoms with Gasteiger partial charge >= 0.3 is 17.9 Å². The lowest BCUT2D eigenvalue weighted by atomic mass is 10.1. The second-order valence-corrected chi connectivity index (χ2v) is 8.85. The van der Waals surface area contributed by atoms with Crippen molar-refractivity contribution in [3.05, 3.63) is 138 Å². The molecule has 0 aliphatic carbocycles. The predicted octanol–water partition coefficient (Wildman–Crippen LogP) is 5.60. The number of carbonyl (C=O) groups excluding carboxylic acids is 3. The van der Waals surface area contributed by atoms with Crippen molar-refractivity contribution in [3.8, 4) is 5.75 Å². The van der Waals surface area contributed by atoms with E-state index in [4.69, 9.17) is 30.4 Å². The molecule has 0 saturated heterocycles. The van der Waals surface area contributed by atoms with E-state index in [1.54, 1.807) is 18.2 Å². The Bertz CT molecular complexity index is 1510. The van der Waals surface area contributed by atoms with Gasteiger partial charge in [0.2, 0.25) is 0 Å². The first kappa shape index (κ1) is 31.0. The van der Waals surface area contributed by atoms with E-state index in [-0.39, 0.29) is 36.6 Å². The van der Waals surface area contributed by atoms with Crippen LogP contribution in [0.1, 0.15) is 42.2 Å². The van der Waals surface area contributed by atoms with Crippen LogP contribution in [0.2, 0.25) is 0 Å². The summed E-state index contributed by atoms with van der Waals surface area (Å²) in [7, 11) is 1.52. The van der Waals surface area contributed by atoms with Crippen molar-refractivity contribution in [2.45, 2.75) is 13.2 Å². The Hall–Kier alpha value is -5.57. The van der Waals surface area contributed by atoms with Gasteiger partial charge in [-0.25, -0.2) is 14.4 Å². The number of esters is 3. The van der Waals surface area contributed by atoms with E-state index < -0.39 is 17.9 Å². The van der Waals surface area contributed by atoms with Gasteiger partial charge < -0.3 is 30.4 Å². The van der Waals surface area contributed by atoms with Crippen LogP contribution in [-0.4, -0.2) is 31.6 Å². The van der Waals surface area contributed by atoms with Gasteiger partial charge in [-0.15, -0.1) is 0 Å². The lowest BCUT2D eigenvalue weighted by Crippen LogP contribution is -2.10. The monoisotopic (exact) mass is 568 g/mol. The van der Waals surface area contributed by atoms with Crippen LogP contribution < -0.4 is 16.2 Å². The largest absolute Gasteiger partial charge is 0.497 e. The molecular formula is C33H32N2O7. The SMILES string of the molecule is C=CCOC(=O)c1cc(N)cc(C(=O)OCc2ccccc2)c1.COc1cc(N)cc(C(=O)OCc2ccccc2)c1. The summed E-state index contributed by atoms with van der Waals surface area (Å²) in [4.78, 5) is 35.9. The number of benzene rings is 4. The summed E-state index contributed by atoms with van der Waals surface area (Å²) in [5.74, 6) is -1.02. The minimum absolute atomic E-state index is 0.0847. The zero-order valence-electron chi connectivity index (χ0n) is 23.2. The van der Waals surface area contributed by atoms with E-state index in [9.17, 15) is 14.4 Å². The maximum Gasteiger partial charge on any atom is 0.338 e. The summed E-state index contributed by atoms with van der Waals surface area (Å²) in [6.07, 6.45) is 1.46. The Balaban J connectivity index is 0.000000235. The van der Waals surface area contributed by atoms with Crippen LogP contribution in [0.15, 0.2) is 110 Å². The van der Waals surface area contributed by atoms with E-state index in [1.165, 1.54) is 31.4 Å². The molecule has 0 unspecified atom stereocenters. The van der Waals surface area contributed by atoms with Crippen LogP contribution in [0.5, 0.6) is 5.75 Å². The van der Waals surface area contributed by atoms with Gasteiger partial charge in [-0.1, -0.05) is 73.3 Å². The smallest absolute Gasteiger partial charge is 0.338 e. The van der Waals surface area contributed by atoms with Crippen molar-refractivity contribution < 1.29 is 33.3 Å². The van der Waals surface area contributed by atoms with Crippen LogP contribution >= 0.6 is 0 Å². The predicted molar refractivity (Wildman–Crippen MR) is 160 cm³/mol. The number of nitrogen functional groups attached to an aromatic ring is 2. The summed E-state index contributed by atoms with van der Waals surface area (Å²) in [6, 6.07) is 27.9. The van der Waals surface area contributed by atoms with Crippen molar-refractivity contribution in [3.63, 3.8) is 0 Å². The molecule has 0 fully saturated rings. The number of ether oxygens (including phenoxy) is 4. The van der Waals surface area contributed by atoms with Crippen molar-refractivity contribution >= 4 is 29.3 Å². The average Bonchev–Trinajstić information content (AvgIpc) is 3.01. The molecule has 0 amide bonds. The number of hydrogen-bond donors (Lipinski definition) is 2. The number of nitrogens with two attached hydrogens (primary N) is 2. The van der Waals surface area contributed by atoms with Gasteiger partial charge in [-0.3, -0.25) is 0 Å². The molecule has 0 bridgehead atoms. The fourth-order valence-electron chi connectivity index (χ4n) is 3.58. The number of anilines is 2. The zero-order chi connectivity index (χ0) is 30.3. The van der Waals surface area contributed by atoms with Gasteiger partial charge in [0.05, 0.1) is 23.8 Å². The third kappa shape index (κ3) is 9.87. The molecule has 0 saturated carbocycles. The Morgan fingerprint density at radius 1 is 0.643 bits per heavy atom. The van der Waals surface area contributed by atoms with Crippen LogP contribution in [0.4, 0.5) is 11.4 Å². The molecule has 4 N–H and O–H groups in total. The molecule has 0 aliphatic rings. The molecule has 0 aromatic heterocycles. The summed E-state index contributed by atoms with van der Waals surface area (Å²) in [6.45, 7) is 3.93. The second kappa shape index (κ2) is 15.9. The highest BCUT2D eigenvalue weighted by Gasteiger charge is 2.14. The average molecular weight is 569 g/mol. The lowest BCUT2D eigenvalue weighted by molar-refractivity contribution is 0.0463. The third-order valence-electron chi connectivity index (χ3n) is 5.58. The normalized spacial score (nSPS) is 9.93. The first-order valence-corrected chi connectivity index (χ1v) is 12.8. The number of carbonyl (C=O) groups is 3. The van der Waals surface area contributed by atoms with Gasteiger partial charge in [-0.2, -0.15) is 0 Å². The number of hydrogen-bond acceptors (Lipinski definition) is 9. The summed E-state index contributed by atoms with van der Waals surface area (Å²) >= 11 is 0. The standard InChI is InChI=1S/C18H17NO4.C15H15NO3/c1-2-8-22-17(20)14-9-15(11-16(19)10-14)18(21)23-12-13-6-4-3-5-7-13;1-18-14-8-12(7-13(16)9-14)15(17)19-10-11-5-3-2-4-6-11/h2-7,9-11H,1,8,12,19H2;2-9H,10,16H2,1H3. The molecule has 4 aromatic rings. The van der Waals surface area contributed by atoms with Gasteiger partial charge in [0.25, 0.3) is 0 Å². The first-order valence-electron chi connectivity index (χ1n) is 12.8. The van der Waals surface area contributed by atoms with Crippen molar-refractivity contribution in [2.75, 3.05) is 25.2 Å². The van der Waals surface area contributed by atoms with Crippen molar-refractivity contribution in [1.82, 2.24) is 0 Å². The van der Waals surface area contributed by atoms with Gasteiger partial charge in [-0.05, 0) is 41.5 Å². The minimum Gasteiger partial charge on any atom is -0.497 e. The van der Waals surface area contributed by atoms with Crippen LogP contribution in [0.25, 0.3) is 0 Å². The molecule has 42 heavy (non-hydrogen) atoms.